The van der Waals surface area contributed by atoms with Gasteiger partial charge in [0.2, 0.25) is 0 Å². The Morgan fingerprint density at radius 2 is 1.23 bits per heavy atom. The highest BCUT2D eigenvalue weighted by Gasteiger charge is 2.34. The van der Waals surface area contributed by atoms with Gasteiger partial charge in [-0.25, -0.2) is 13.2 Å². The zero-order chi connectivity index (χ0) is 27.7. The quantitative estimate of drug-likeness (QED) is 0.151. The third-order valence-corrected chi connectivity index (χ3v) is 6.70. The molecule has 0 radical (unpaired) electrons. The Morgan fingerprint density at radius 3 is 1.90 bits per heavy atom. The first-order valence-corrected chi connectivity index (χ1v) is 12.3. The van der Waals surface area contributed by atoms with Gasteiger partial charge >= 0.3 is 6.18 Å². The highest BCUT2D eigenvalue weighted by Crippen LogP contribution is 2.39. The number of halogens is 6. The van der Waals surface area contributed by atoms with Gasteiger partial charge in [0.1, 0.15) is 17.5 Å². The molecule has 0 fully saturated rings. The maximum Gasteiger partial charge on any atom is 0.419 e. The van der Waals surface area contributed by atoms with Crippen molar-refractivity contribution >= 4 is 10.8 Å². The zero-order valence-electron chi connectivity index (χ0n) is 20.6. The van der Waals surface area contributed by atoms with Crippen LogP contribution in [0.1, 0.15) is 17.5 Å². The summed E-state index contributed by atoms with van der Waals surface area (Å²) in [5, 5.41) is 1.94. The fraction of sp³-hybridized carbons (Fsp3) is 0.0909. The molecule has 0 amide bonds. The van der Waals surface area contributed by atoms with E-state index in [9.17, 15) is 17.6 Å². The molecule has 5 rings (SSSR count). The lowest BCUT2D eigenvalue weighted by Crippen LogP contribution is -2.07. The van der Waals surface area contributed by atoms with Crippen molar-refractivity contribution in [2.45, 2.75) is 19.0 Å². The predicted molar refractivity (Wildman–Crippen MR) is 144 cm³/mol. The smallest absolute Gasteiger partial charge is 0.206 e. The SMILES string of the molecule is C=CCCc1ccc2cc(-c3cc(F)c(-c4ccccc4-c4ccc(C(F)(F)F)c(F)c4)c(F)c3)ccc2c1. The topological polar surface area (TPSA) is 0 Å². The van der Waals surface area contributed by atoms with Gasteiger partial charge in [-0.3, -0.25) is 0 Å². The van der Waals surface area contributed by atoms with E-state index in [0.717, 1.165) is 35.7 Å². The molecule has 0 aromatic heterocycles. The molecular weight excluding hydrogens is 510 g/mol. The highest BCUT2D eigenvalue weighted by atomic mass is 19.4. The molecule has 0 N–H and O–H groups in total. The van der Waals surface area contributed by atoms with Crippen molar-refractivity contribution in [3.05, 3.63) is 132 Å². The van der Waals surface area contributed by atoms with Crippen molar-refractivity contribution in [1.82, 2.24) is 0 Å². The van der Waals surface area contributed by atoms with E-state index >= 15 is 8.78 Å². The number of rotatable bonds is 6. The second kappa shape index (κ2) is 10.4. The molecule has 0 heterocycles. The van der Waals surface area contributed by atoms with Gasteiger partial charge in [-0.2, -0.15) is 13.2 Å². The van der Waals surface area contributed by atoms with Gasteiger partial charge in [0, 0.05) is 0 Å². The molecule has 0 bridgehead atoms. The number of benzene rings is 5. The third kappa shape index (κ3) is 5.32. The summed E-state index contributed by atoms with van der Waals surface area (Å²) in [4.78, 5) is 0. The molecule has 0 atom stereocenters. The Labute approximate surface area is 221 Å². The highest BCUT2D eigenvalue weighted by molar-refractivity contribution is 5.89. The van der Waals surface area contributed by atoms with Crippen molar-refractivity contribution < 1.29 is 26.3 Å². The van der Waals surface area contributed by atoms with E-state index in [0.29, 0.717) is 17.2 Å². The predicted octanol–water partition coefficient (Wildman–Crippen LogP) is 10.4. The molecule has 0 aliphatic heterocycles. The number of aryl methyl sites for hydroxylation is 1. The van der Waals surface area contributed by atoms with E-state index in [2.05, 4.69) is 12.6 Å². The number of alkyl halides is 3. The van der Waals surface area contributed by atoms with E-state index in [1.807, 2.05) is 30.3 Å². The standard InChI is InChI=1S/C33H22F6/c1-2-3-6-20-9-10-22-16-23(12-11-21(22)15-20)25-18-30(35)32(31(36)19-25)27-8-5-4-7-26(27)24-13-14-28(29(34)17-24)33(37,38)39/h2,4-5,7-19H,1,3,6H2. The summed E-state index contributed by atoms with van der Waals surface area (Å²) in [5.74, 6) is -3.15. The minimum absolute atomic E-state index is 0.0703. The molecule has 0 saturated carbocycles. The summed E-state index contributed by atoms with van der Waals surface area (Å²) in [6.07, 6.45) is -1.25. The van der Waals surface area contributed by atoms with Crippen LogP contribution < -0.4 is 0 Å². The molecule has 5 aromatic carbocycles. The van der Waals surface area contributed by atoms with E-state index in [1.165, 1.54) is 29.8 Å². The van der Waals surface area contributed by atoms with Crippen LogP contribution >= 0.6 is 0 Å². The fourth-order valence-corrected chi connectivity index (χ4v) is 4.76. The van der Waals surface area contributed by atoms with Crippen LogP contribution in [-0.2, 0) is 12.6 Å². The second-order valence-electron chi connectivity index (χ2n) is 9.28. The van der Waals surface area contributed by atoms with Gasteiger partial charge in [-0.05, 0) is 87.3 Å². The van der Waals surface area contributed by atoms with Gasteiger partial charge < -0.3 is 0 Å². The van der Waals surface area contributed by atoms with Crippen LogP contribution in [0.2, 0.25) is 0 Å². The van der Waals surface area contributed by atoms with Crippen LogP contribution in [0.15, 0.2) is 104 Å². The molecule has 39 heavy (non-hydrogen) atoms. The van der Waals surface area contributed by atoms with Crippen LogP contribution in [-0.4, -0.2) is 0 Å². The number of fused-ring (bicyclic) bond motifs is 1. The third-order valence-electron chi connectivity index (χ3n) is 6.70. The van der Waals surface area contributed by atoms with Gasteiger partial charge in [0.25, 0.3) is 0 Å². The molecule has 0 aliphatic rings. The fourth-order valence-electron chi connectivity index (χ4n) is 4.76. The van der Waals surface area contributed by atoms with Crippen molar-refractivity contribution in [2.24, 2.45) is 0 Å². The summed E-state index contributed by atoms with van der Waals surface area (Å²) in [7, 11) is 0. The van der Waals surface area contributed by atoms with E-state index < -0.39 is 29.2 Å². The summed E-state index contributed by atoms with van der Waals surface area (Å²) < 4.78 is 84.3. The lowest BCUT2D eigenvalue weighted by atomic mass is 9.91. The van der Waals surface area contributed by atoms with Crippen LogP contribution in [0, 0.1) is 17.5 Å². The molecule has 0 nitrogen and oxygen atoms in total. The molecule has 6 heteroatoms. The van der Waals surface area contributed by atoms with Crippen molar-refractivity contribution in [3.8, 4) is 33.4 Å². The van der Waals surface area contributed by atoms with Gasteiger partial charge in [0.15, 0.2) is 0 Å². The van der Waals surface area contributed by atoms with E-state index in [1.54, 1.807) is 18.2 Å². The summed E-state index contributed by atoms with van der Waals surface area (Å²) in [6, 6.07) is 22.6. The second-order valence-corrected chi connectivity index (χ2v) is 9.28. The van der Waals surface area contributed by atoms with Crippen molar-refractivity contribution in [3.63, 3.8) is 0 Å². The van der Waals surface area contributed by atoms with Gasteiger partial charge in [0.05, 0.1) is 11.1 Å². The van der Waals surface area contributed by atoms with E-state index in [-0.39, 0.29) is 22.3 Å². The normalized spacial score (nSPS) is 11.6. The summed E-state index contributed by atoms with van der Waals surface area (Å²) in [5.41, 5.74) is 0.755. The maximum atomic E-state index is 15.5. The molecule has 0 aliphatic carbocycles. The maximum absolute atomic E-state index is 15.5. The Balaban J connectivity index is 1.54. The Morgan fingerprint density at radius 1 is 0.615 bits per heavy atom. The molecular formula is C33H22F6. The van der Waals surface area contributed by atoms with Crippen molar-refractivity contribution in [2.75, 3.05) is 0 Å². The molecule has 196 valence electrons. The average molecular weight is 533 g/mol. The minimum atomic E-state index is -4.85. The molecule has 0 spiro atoms. The molecule has 5 aromatic rings. The van der Waals surface area contributed by atoms with E-state index in [4.69, 9.17) is 0 Å². The van der Waals surface area contributed by atoms with Gasteiger partial charge in [-0.15, -0.1) is 6.58 Å². The first-order chi connectivity index (χ1) is 18.7. The minimum Gasteiger partial charge on any atom is -0.206 e. The van der Waals surface area contributed by atoms with Crippen LogP contribution in [0.5, 0.6) is 0 Å². The number of hydrogen-bond acceptors (Lipinski definition) is 0. The number of hydrogen-bond donors (Lipinski definition) is 0. The number of allylic oxidation sites excluding steroid dienone is 1. The van der Waals surface area contributed by atoms with Crippen LogP contribution in [0.3, 0.4) is 0 Å². The summed E-state index contributed by atoms with van der Waals surface area (Å²) >= 11 is 0. The summed E-state index contributed by atoms with van der Waals surface area (Å²) in [6.45, 7) is 3.74. The zero-order valence-corrected chi connectivity index (χ0v) is 20.6. The van der Waals surface area contributed by atoms with Crippen LogP contribution in [0.4, 0.5) is 26.3 Å². The first kappa shape index (κ1) is 26.3. The first-order valence-electron chi connectivity index (χ1n) is 12.3. The van der Waals surface area contributed by atoms with Crippen LogP contribution in [0.25, 0.3) is 44.2 Å². The van der Waals surface area contributed by atoms with Crippen molar-refractivity contribution in [1.29, 1.82) is 0 Å². The Kier molecular flexibility index (Phi) is 7.04. The lowest BCUT2D eigenvalue weighted by molar-refractivity contribution is -0.139. The average Bonchev–Trinajstić information content (AvgIpc) is 2.90. The largest absolute Gasteiger partial charge is 0.419 e. The Bertz CT molecular complexity index is 1670. The molecule has 0 unspecified atom stereocenters. The molecule has 0 saturated heterocycles. The lowest BCUT2D eigenvalue weighted by Gasteiger charge is -2.15. The Hall–Kier alpha value is -4.32. The monoisotopic (exact) mass is 532 g/mol. The van der Waals surface area contributed by atoms with Gasteiger partial charge in [-0.1, -0.05) is 66.7 Å².